The molecule has 0 spiro atoms. The van der Waals surface area contributed by atoms with Gasteiger partial charge in [0.25, 0.3) is 0 Å². The lowest BCUT2D eigenvalue weighted by atomic mass is 10.3. The highest BCUT2D eigenvalue weighted by atomic mass is 31.2. The fraction of sp³-hybridized carbons (Fsp3) is 1.00. The van der Waals surface area contributed by atoms with Crippen molar-refractivity contribution in [3.63, 3.8) is 0 Å². The third-order valence-corrected chi connectivity index (χ3v) is 3.54. The molecular formula is C11H25O4P. The molecule has 0 aromatic rings. The van der Waals surface area contributed by atoms with E-state index in [1.165, 1.54) is 0 Å². The van der Waals surface area contributed by atoms with Crippen molar-refractivity contribution in [2.45, 2.75) is 66.1 Å². The molecule has 0 N–H and O–H groups in total. The fourth-order valence-electron chi connectivity index (χ4n) is 1.13. The van der Waals surface area contributed by atoms with Crippen molar-refractivity contribution in [2.75, 3.05) is 6.61 Å². The van der Waals surface area contributed by atoms with Crippen LogP contribution in [-0.4, -0.2) is 18.8 Å². The highest BCUT2D eigenvalue weighted by Gasteiger charge is 2.29. The molecule has 0 aliphatic rings. The van der Waals surface area contributed by atoms with Gasteiger partial charge in [-0.15, -0.1) is 0 Å². The van der Waals surface area contributed by atoms with E-state index in [-0.39, 0.29) is 12.2 Å². The van der Waals surface area contributed by atoms with E-state index >= 15 is 0 Å². The smallest absolute Gasteiger partial charge is 0.287 e. The van der Waals surface area contributed by atoms with E-state index in [0.717, 1.165) is 19.3 Å². The molecule has 0 atom stereocenters. The summed E-state index contributed by atoms with van der Waals surface area (Å²) in [7, 11) is -3.37. The van der Waals surface area contributed by atoms with Crippen LogP contribution in [0, 0.1) is 0 Å². The van der Waals surface area contributed by atoms with Gasteiger partial charge in [0, 0.05) is 0 Å². The maximum absolute atomic E-state index is 12.1. The van der Waals surface area contributed by atoms with E-state index in [9.17, 15) is 4.57 Å². The lowest BCUT2D eigenvalue weighted by Crippen LogP contribution is -2.10. The molecule has 0 aromatic carbocycles. The molecule has 0 aliphatic carbocycles. The molecule has 0 radical (unpaired) electrons. The molecule has 0 heterocycles. The summed E-state index contributed by atoms with van der Waals surface area (Å²) in [5, 5.41) is 0. The van der Waals surface area contributed by atoms with Gasteiger partial charge in [0.2, 0.25) is 0 Å². The Morgan fingerprint density at radius 2 is 1.50 bits per heavy atom. The highest BCUT2D eigenvalue weighted by Crippen LogP contribution is 2.51. The first-order valence-corrected chi connectivity index (χ1v) is 7.47. The molecule has 0 fully saturated rings. The highest BCUT2D eigenvalue weighted by molar-refractivity contribution is 7.48. The number of hydrogen-bond donors (Lipinski definition) is 0. The van der Waals surface area contributed by atoms with Gasteiger partial charge in [-0.1, -0.05) is 19.8 Å². The number of phosphoric ester groups is 1. The van der Waals surface area contributed by atoms with Gasteiger partial charge in [-0.3, -0.25) is 13.6 Å². The van der Waals surface area contributed by atoms with E-state index in [1.807, 2.05) is 27.7 Å². The topological polar surface area (TPSA) is 44.8 Å². The lowest BCUT2D eigenvalue weighted by molar-refractivity contribution is 0.0713. The van der Waals surface area contributed by atoms with E-state index in [4.69, 9.17) is 13.6 Å². The monoisotopic (exact) mass is 252 g/mol. The normalized spacial score (nSPS) is 12.7. The minimum absolute atomic E-state index is 0.171. The van der Waals surface area contributed by atoms with Crippen LogP contribution in [0.3, 0.4) is 0 Å². The van der Waals surface area contributed by atoms with Gasteiger partial charge in [0.15, 0.2) is 0 Å². The van der Waals surface area contributed by atoms with Gasteiger partial charge in [-0.05, 0) is 34.1 Å². The van der Waals surface area contributed by atoms with E-state index < -0.39 is 7.82 Å². The molecular weight excluding hydrogens is 227 g/mol. The van der Waals surface area contributed by atoms with Crippen LogP contribution in [0.5, 0.6) is 0 Å². The average Bonchev–Trinajstić information content (AvgIpc) is 2.09. The molecule has 98 valence electrons. The molecule has 0 amide bonds. The predicted molar refractivity (Wildman–Crippen MR) is 65.5 cm³/mol. The molecule has 0 aliphatic heterocycles. The molecule has 0 saturated heterocycles. The summed E-state index contributed by atoms with van der Waals surface area (Å²) < 4.78 is 27.9. The molecule has 0 saturated carbocycles. The van der Waals surface area contributed by atoms with E-state index in [2.05, 4.69) is 6.92 Å². The summed E-state index contributed by atoms with van der Waals surface area (Å²) in [6.07, 6.45) is 2.70. The Labute approximate surface area is 99.3 Å². The minimum atomic E-state index is -3.37. The second kappa shape index (κ2) is 8.24. The Bertz CT molecular complexity index is 202. The largest absolute Gasteiger partial charge is 0.475 e. The first-order chi connectivity index (χ1) is 7.39. The lowest BCUT2D eigenvalue weighted by Gasteiger charge is -2.21. The van der Waals surface area contributed by atoms with Gasteiger partial charge in [-0.25, -0.2) is 4.57 Å². The number of unbranched alkanes of at least 4 members (excludes halogenated alkanes) is 2. The molecule has 0 bridgehead atoms. The zero-order valence-corrected chi connectivity index (χ0v) is 12.0. The summed E-state index contributed by atoms with van der Waals surface area (Å²) in [6.45, 7) is 9.77. The van der Waals surface area contributed by atoms with Crippen LogP contribution < -0.4 is 0 Å². The van der Waals surface area contributed by atoms with Crippen molar-refractivity contribution in [1.82, 2.24) is 0 Å². The van der Waals surface area contributed by atoms with Gasteiger partial charge in [0.1, 0.15) is 0 Å². The second-order valence-corrected chi connectivity index (χ2v) is 5.87. The van der Waals surface area contributed by atoms with Crippen LogP contribution in [0.25, 0.3) is 0 Å². The number of hydrogen-bond acceptors (Lipinski definition) is 4. The number of rotatable bonds is 9. The van der Waals surface area contributed by atoms with Gasteiger partial charge >= 0.3 is 7.82 Å². The predicted octanol–water partition coefficient (Wildman–Crippen LogP) is 4.15. The van der Waals surface area contributed by atoms with Crippen LogP contribution in [0.15, 0.2) is 0 Å². The second-order valence-electron chi connectivity index (χ2n) is 4.30. The Hall–Kier alpha value is 0.110. The van der Waals surface area contributed by atoms with Crippen LogP contribution in [0.2, 0.25) is 0 Å². The summed E-state index contributed by atoms with van der Waals surface area (Å²) in [6, 6.07) is 0. The van der Waals surface area contributed by atoms with Crippen LogP contribution in [0.4, 0.5) is 0 Å². The molecule has 0 rings (SSSR count). The first-order valence-electron chi connectivity index (χ1n) is 6.01. The summed E-state index contributed by atoms with van der Waals surface area (Å²) in [4.78, 5) is 0. The van der Waals surface area contributed by atoms with Crippen LogP contribution >= 0.6 is 7.82 Å². The third kappa shape index (κ3) is 8.28. The van der Waals surface area contributed by atoms with Crippen molar-refractivity contribution >= 4 is 7.82 Å². The molecule has 4 nitrogen and oxygen atoms in total. The van der Waals surface area contributed by atoms with Crippen LogP contribution in [0.1, 0.15) is 53.9 Å². The van der Waals surface area contributed by atoms with Gasteiger partial charge < -0.3 is 0 Å². The summed E-state index contributed by atoms with van der Waals surface area (Å²) in [5.41, 5.74) is 0. The molecule has 5 heteroatoms. The summed E-state index contributed by atoms with van der Waals surface area (Å²) in [5.74, 6) is 0. The SMILES string of the molecule is CCCCCOP(=O)(OC(C)C)OC(C)C. The van der Waals surface area contributed by atoms with Crippen molar-refractivity contribution in [3.05, 3.63) is 0 Å². The Kier molecular flexibility index (Phi) is 8.29. The Balaban J connectivity index is 4.14. The fourth-order valence-corrected chi connectivity index (χ4v) is 2.69. The van der Waals surface area contributed by atoms with Crippen molar-refractivity contribution in [3.8, 4) is 0 Å². The van der Waals surface area contributed by atoms with Crippen LogP contribution in [-0.2, 0) is 18.1 Å². The van der Waals surface area contributed by atoms with Gasteiger partial charge in [-0.2, -0.15) is 0 Å². The minimum Gasteiger partial charge on any atom is -0.287 e. The standard InChI is InChI=1S/C11H25O4P/c1-6-7-8-9-13-16(12,14-10(2)3)15-11(4)5/h10-11H,6-9H2,1-5H3. The van der Waals surface area contributed by atoms with Crippen molar-refractivity contribution in [1.29, 1.82) is 0 Å². The maximum Gasteiger partial charge on any atom is 0.475 e. The Morgan fingerprint density at radius 1 is 1.00 bits per heavy atom. The molecule has 0 aromatic heterocycles. The maximum atomic E-state index is 12.1. The molecule has 16 heavy (non-hydrogen) atoms. The van der Waals surface area contributed by atoms with Crippen molar-refractivity contribution < 1.29 is 18.1 Å². The average molecular weight is 252 g/mol. The van der Waals surface area contributed by atoms with E-state index in [1.54, 1.807) is 0 Å². The summed E-state index contributed by atoms with van der Waals surface area (Å²) >= 11 is 0. The van der Waals surface area contributed by atoms with Crippen molar-refractivity contribution in [2.24, 2.45) is 0 Å². The zero-order valence-electron chi connectivity index (χ0n) is 11.1. The zero-order chi connectivity index (χ0) is 12.6. The third-order valence-electron chi connectivity index (χ3n) is 1.68. The molecule has 0 unspecified atom stereocenters. The number of phosphoric acid groups is 1. The van der Waals surface area contributed by atoms with Gasteiger partial charge in [0.05, 0.1) is 18.8 Å². The quantitative estimate of drug-likeness (QED) is 0.456. The van der Waals surface area contributed by atoms with E-state index in [0.29, 0.717) is 6.61 Å². The Morgan fingerprint density at radius 3 is 1.88 bits per heavy atom. The first kappa shape index (κ1) is 16.1.